The second-order valence-corrected chi connectivity index (χ2v) is 7.86. The summed E-state index contributed by atoms with van der Waals surface area (Å²) in [6, 6.07) is 15.5. The predicted molar refractivity (Wildman–Crippen MR) is 105 cm³/mol. The monoisotopic (exact) mass is 409 g/mol. The molecule has 2 aliphatic rings. The molecule has 1 fully saturated rings. The van der Waals surface area contributed by atoms with Gasteiger partial charge in [0.1, 0.15) is 0 Å². The molecule has 2 heterocycles. The smallest absolute Gasteiger partial charge is 0.276 e. The van der Waals surface area contributed by atoms with Gasteiger partial charge in [0.25, 0.3) is 5.91 Å². The van der Waals surface area contributed by atoms with Crippen LogP contribution in [0.5, 0.6) is 0 Å². The Labute approximate surface area is 172 Å². The number of nitrogens with two attached hydrogens (primary N) is 1. The van der Waals surface area contributed by atoms with Crippen molar-refractivity contribution in [1.29, 1.82) is 10.5 Å². The molecule has 0 aromatic heterocycles. The largest absolute Gasteiger partial charge is 0.364 e. The van der Waals surface area contributed by atoms with Crippen LogP contribution >= 0.6 is 23.2 Å². The van der Waals surface area contributed by atoms with Gasteiger partial charge in [-0.05, 0) is 29.3 Å². The number of quaternary nitrogens is 1. The van der Waals surface area contributed by atoms with Gasteiger partial charge in [0.15, 0.2) is 12.1 Å². The van der Waals surface area contributed by atoms with E-state index < -0.39 is 29.3 Å². The van der Waals surface area contributed by atoms with Crippen molar-refractivity contribution < 1.29 is 9.69 Å². The number of hydrogen-bond acceptors (Lipinski definition) is 3. The number of carbonyl (C=O) groups excluding carboxylic acids is 1. The lowest BCUT2D eigenvalue weighted by molar-refractivity contribution is -0.885. The van der Waals surface area contributed by atoms with E-state index in [4.69, 9.17) is 28.9 Å². The minimum atomic E-state index is -1.53. The molecule has 2 aromatic carbocycles. The van der Waals surface area contributed by atoms with Gasteiger partial charge in [-0.25, -0.2) is 0 Å². The number of benzene rings is 2. The van der Waals surface area contributed by atoms with E-state index in [2.05, 4.69) is 12.1 Å². The van der Waals surface area contributed by atoms with Crippen molar-refractivity contribution in [3.05, 3.63) is 75.4 Å². The van der Waals surface area contributed by atoms with Gasteiger partial charge in [-0.15, -0.1) is 0 Å². The summed E-state index contributed by atoms with van der Waals surface area (Å²) in [6.07, 6.45) is 3.71. The Morgan fingerprint density at radius 1 is 1.11 bits per heavy atom. The van der Waals surface area contributed by atoms with E-state index in [-0.39, 0.29) is 0 Å². The van der Waals surface area contributed by atoms with Gasteiger partial charge in [0.05, 0.1) is 24.3 Å². The molecule has 1 amide bonds. The molecule has 4 rings (SSSR count). The van der Waals surface area contributed by atoms with Gasteiger partial charge in [0.2, 0.25) is 5.41 Å². The summed E-state index contributed by atoms with van der Waals surface area (Å²) in [5.74, 6) is -1.40. The number of rotatable bonds is 2. The summed E-state index contributed by atoms with van der Waals surface area (Å²) < 4.78 is 0. The second kappa shape index (κ2) is 6.65. The number of fused-ring (bicyclic) bond motifs is 3. The maximum Gasteiger partial charge on any atom is 0.276 e. The van der Waals surface area contributed by atoms with Crippen LogP contribution in [-0.4, -0.2) is 11.9 Å². The molecule has 2 aliphatic heterocycles. The highest BCUT2D eigenvalue weighted by Gasteiger charge is 2.68. The van der Waals surface area contributed by atoms with Crippen LogP contribution in [0.15, 0.2) is 48.7 Å². The van der Waals surface area contributed by atoms with Crippen LogP contribution < -0.4 is 10.6 Å². The molecule has 5 nitrogen and oxygen atoms in total. The Kier molecular flexibility index (Phi) is 4.40. The average molecular weight is 410 g/mol. The number of nitriles is 2. The van der Waals surface area contributed by atoms with Crippen molar-refractivity contribution in [2.45, 2.75) is 18.0 Å². The lowest BCUT2D eigenvalue weighted by atomic mass is 9.68. The molecular weight excluding hydrogens is 395 g/mol. The standard InChI is InChI=1S/C21H14Cl2N4O/c22-13-5-6-15(16(23)9-13)17-18(20(26)28)27-8-7-12-3-1-2-4-14(12)19(27)21(17,10-24)11-25/h1-9,17-19H,(H2,26,28)/p+1/t17-,18+,19+/m0/s1. The first-order valence-corrected chi connectivity index (χ1v) is 9.40. The second-order valence-electron chi connectivity index (χ2n) is 7.01. The molecule has 138 valence electrons. The molecule has 0 spiro atoms. The minimum absolute atomic E-state index is 0.301. The van der Waals surface area contributed by atoms with E-state index in [0.717, 1.165) is 11.1 Å². The highest BCUT2D eigenvalue weighted by Crippen LogP contribution is 2.52. The molecule has 0 aliphatic carbocycles. The average Bonchev–Trinajstić information content (AvgIpc) is 2.99. The van der Waals surface area contributed by atoms with Gasteiger partial charge in [-0.2, -0.15) is 10.5 Å². The molecule has 0 saturated carbocycles. The molecular formula is C21H15Cl2N4O+. The van der Waals surface area contributed by atoms with E-state index in [9.17, 15) is 15.3 Å². The van der Waals surface area contributed by atoms with Gasteiger partial charge in [0, 0.05) is 15.6 Å². The van der Waals surface area contributed by atoms with Gasteiger partial charge >= 0.3 is 0 Å². The van der Waals surface area contributed by atoms with Crippen LogP contribution in [0.25, 0.3) is 6.08 Å². The van der Waals surface area contributed by atoms with Crippen molar-refractivity contribution in [1.82, 2.24) is 0 Å². The van der Waals surface area contributed by atoms with Gasteiger partial charge < -0.3 is 5.73 Å². The number of amides is 1. The fourth-order valence-corrected chi connectivity index (χ4v) is 5.14. The molecule has 28 heavy (non-hydrogen) atoms. The van der Waals surface area contributed by atoms with Crippen LogP contribution in [0, 0.1) is 28.1 Å². The van der Waals surface area contributed by atoms with E-state index in [1.807, 2.05) is 36.5 Å². The quantitative estimate of drug-likeness (QED) is 0.797. The Balaban J connectivity index is 2.03. The van der Waals surface area contributed by atoms with E-state index >= 15 is 0 Å². The molecule has 2 aromatic rings. The molecule has 1 saturated heterocycles. The minimum Gasteiger partial charge on any atom is -0.364 e. The van der Waals surface area contributed by atoms with Crippen molar-refractivity contribution in [3.8, 4) is 12.1 Å². The zero-order chi connectivity index (χ0) is 20.1. The maximum absolute atomic E-state index is 12.5. The van der Waals surface area contributed by atoms with Crippen LogP contribution in [0.3, 0.4) is 0 Å². The first kappa shape index (κ1) is 18.5. The summed E-state index contributed by atoms with van der Waals surface area (Å²) in [6.45, 7) is 0. The van der Waals surface area contributed by atoms with E-state index in [0.29, 0.717) is 20.5 Å². The topological polar surface area (TPSA) is 95.1 Å². The van der Waals surface area contributed by atoms with Gasteiger partial charge in [-0.3, -0.25) is 9.69 Å². The zero-order valence-corrected chi connectivity index (χ0v) is 16.1. The molecule has 4 atom stereocenters. The fourth-order valence-electron chi connectivity index (χ4n) is 4.61. The highest BCUT2D eigenvalue weighted by atomic mass is 35.5. The number of nitrogens with one attached hydrogen (secondary N) is 1. The number of nitrogens with zero attached hydrogens (tertiary/aromatic N) is 2. The first-order chi connectivity index (χ1) is 13.4. The Morgan fingerprint density at radius 3 is 2.46 bits per heavy atom. The zero-order valence-electron chi connectivity index (χ0n) is 14.6. The van der Waals surface area contributed by atoms with Crippen LogP contribution in [-0.2, 0) is 4.79 Å². The molecule has 1 unspecified atom stereocenters. The summed E-state index contributed by atoms with van der Waals surface area (Å²) in [4.78, 5) is 13.2. The Hall–Kier alpha value is -2.83. The maximum atomic E-state index is 12.5. The lowest BCUT2D eigenvalue weighted by Crippen LogP contribution is -3.12. The summed E-state index contributed by atoms with van der Waals surface area (Å²) >= 11 is 12.5. The van der Waals surface area contributed by atoms with Crippen LogP contribution in [0.4, 0.5) is 0 Å². The highest BCUT2D eigenvalue weighted by molar-refractivity contribution is 6.35. The Morgan fingerprint density at radius 2 is 1.82 bits per heavy atom. The normalized spacial score (nSPS) is 26.6. The predicted octanol–water partition coefficient (Wildman–Crippen LogP) is 2.59. The van der Waals surface area contributed by atoms with Crippen molar-refractivity contribution in [3.63, 3.8) is 0 Å². The summed E-state index contributed by atoms with van der Waals surface area (Å²) in [7, 11) is 0. The SMILES string of the molecule is N#CC1(C#N)[C@@H](c2ccc(Cl)cc2Cl)[C@H](C(N)=O)[NH+]2C=Cc3ccccc3[C@@H]21. The summed E-state index contributed by atoms with van der Waals surface area (Å²) in [5.41, 5.74) is 6.52. The van der Waals surface area contributed by atoms with Gasteiger partial charge in [-0.1, -0.05) is 53.5 Å². The molecule has 3 N–H and O–H groups in total. The number of primary amides is 1. The number of carbonyl (C=O) groups is 1. The lowest BCUT2D eigenvalue weighted by Gasteiger charge is -2.29. The summed E-state index contributed by atoms with van der Waals surface area (Å²) in [5, 5.41) is 21.2. The third-order valence-corrected chi connectivity index (χ3v) is 6.27. The van der Waals surface area contributed by atoms with Crippen LogP contribution in [0.1, 0.15) is 28.7 Å². The molecule has 7 heteroatoms. The van der Waals surface area contributed by atoms with Crippen molar-refractivity contribution >= 4 is 35.2 Å². The number of halogens is 2. The van der Waals surface area contributed by atoms with Crippen molar-refractivity contribution in [2.75, 3.05) is 0 Å². The number of hydrogen-bond donors (Lipinski definition) is 2. The van der Waals surface area contributed by atoms with E-state index in [1.54, 1.807) is 18.2 Å². The van der Waals surface area contributed by atoms with E-state index in [1.165, 1.54) is 0 Å². The molecule has 0 radical (unpaired) electrons. The fraction of sp³-hybridized carbons (Fsp3) is 0.190. The van der Waals surface area contributed by atoms with Crippen LogP contribution in [0.2, 0.25) is 10.0 Å². The molecule has 0 bridgehead atoms. The Bertz CT molecular complexity index is 1080. The first-order valence-electron chi connectivity index (χ1n) is 8.65. The third-order valence-electron chi connectivity index (χ3n) is 5.71. The van der Waals surface area contributed by atoms with Crippen molar-refractivity contribution in [2.24, 2.45) is 11.1 Å². The third kappa shape index (κ3) is 2.45.